The Bertz CT molecular complexity index is 6300. The Kier molecular flexibility index (Phi) is 19.1. The third-order valence-corrected chi connectivity index (χ3v) is 22.5. The summed E-state index contributed by atoms with van der Waals surface area (Å²) in [4.78, 5) is 2.40. The van der Waals surface area contributed by atoms with Crippen molar-refractivity contribution in [3.05, 3.63) is 415 Å². The molecule has 0 radical (unpaired) electrons. The minimum Gasteiger partial charge on any atom is -0.356 e. The smallest absolute Gasteiger partial charge is 0.0541 e. The third kappa shape index (κ3) is 13.1. The van der Waals surface area contributed by atoms with Gasteiger partial charge in [0.25, 0.3) is 0 Å². The number of halogens is 1. The number of benzene rings is 16. The zero-order chi connectivity index (χ0) is 72.2. The van der Waals surface area contributed by atoms with Crippen molar-refractivity contribution in [2.24, 2.45) is 0 Å². The molecule has 18 aromatic rings. The van der Waals surface area contributed by atoms with Gasteiger partial charge in [-0.2, -0.15) is 0 Å². The predicted molar refractivity (Wildman–Crippen MR) is 470 cm³/mol. The van der Waals surface area contributed by atoms with Gasteiger partial charge in [0.05, 0.1) is 22.1 Å². The lowest BCUT2D eigenvalue weighted by molar-refractivity contribution is 0.660. The highest BCUT2D eigenvalue weighted by Crippen LogP contribution is 2.52. The number of anilines is 5. The molecule has 4 nitrogen and oxygen atoms in total. The van der Waals surface area contributed by atoms with E-state index in [1.807, 2.05) is 6.07 Å². The summed E-state index contributed by atoms with van der Waals surface area (Å²) in [5.41, 5.74) is 33.5. The summed E-state index contributed by atoms with van der Waals surface area (Å²) in [5.74, 6) is 0. The van der Waals surface area contributed by atoms with Crippen LogP contribution in [0.3, 0.4) is 0 Å². The maximum absolute atomic E-state index is 3.58. The molecule has 5 heteroatoms. The molecule has 0 atom stereocenters. The number of nitrogens with one attached hydrogen (secondary N) is 1. The molecule has 0 saturated carbocycles. The number of hydrogen-bond donors (Lipinski definition) is 1. The summed E-state index contributed by atoms with van der Waals surface area (Å²) in [6.45, 7) is 9.33. The molecule has 16 aromatic carbocycles. The summed E-state index contributed by atoms with van der Waals surface area (Å²) < 4.78 is 5.81. The molecule has 1 N–H and O–H groups in total. The van der Waals surface area contributed by atoms with Crippen LogP contribution in [0, 0.1) is 0 Å². The van der Waals surface area contributed by atoms with Gasteiger partial charge in [0.2, 0.25) is 0 Å². The number of hydrogen-bond acceptors (Lipinski definition) is 2. The van der Waals surface area contributed by atoms with Gasteiger partial charge >= 0.3 is 0 Å². The Morgan fingerprint density at radius 2 is 0.569 bits per heavy atom. The van der Waals surface area contributed by atoms with Crippen LogP contribution in [0.25, 0.3) is 122 Å². The molecule has 109 heavy (non-hydrogen) atoms. The summed E-state index contributed by atoms with van der Waals surface area (Å²) in [6, 6.07) is 140. The highest BCUT2D eigenvalue weighted by Gasteiger charge is 2.37. The molecule has 0 bridgehead atoms. The van der Waals surface area contributed by atoms with Crippen molar-refractivity contribution in [2.75, 3.05) is 10.2 Å². The summed E-state index contributed by atoms with van der Waals surface area (Å²) in [5, 5.41) is 8.66. The number of nitrogens with zero attached hydrogens (tertiary/aromatic N) is 3. The molecule has 0 aliphatic heterocycles. The van der Waals surface area contributed by atoms with E-state index >= 15 is 0 Å². The molecular formula is C104H85BrN4. The van der Waals surface area contributed by atoms with Gasteiger partial charge < -0.3 is 19.4 Å². The van der Waals surface area contributed by atoms with Gasteiger partial charge in [0, 0.05) is 76.7 Å². The van der Waals surface area contributed by atoms with Crippen LogP contribution in [0.5, 0.6) is 0 Å². The Morgan fingerprint density at radius 1 is 0.248 bits per heavy atom. The topological polar surface area (TPSA) is 25.1 Å². The second-order valence-corrected chi connectivity index (χ2v) is 30.0. The lowest BCUT2D eigenvalue weighted by Crippen LogP contribution is -2.16. The largest absolute Gasteiger partial charge is 0.356 e. The molecule has 0 amide bonds. The Balaban J connectivity index is 0.000000136. The minimum absolute atomic E-state index is 0. The fourth-order valence-electron chi connectivity index (χ4n) is 16.5. The first-order valence-corrected chi connectivity index (χ1v) is 37.7. The summed E-state index contributed by atoms with van der Waals surface area (Å²) in [7, 11) is 0. The van der Waals surface area contributed by atoms with Crippen molar-refractivity contribution in [2.45, 2.75) is 53.4 Å². The maximum atomic E-state index is 3.58. The van der Waals surface area contributed by atoms with Crippen LogP contribution in [0.2, 0.25) is 0 Å². The number of aromatic nitrogens is 2. The van der Waals surface area contributed by atoms with Crippen molar-refractivity contribution >= 4 is 88.0 Å². The van der Waals surface area contributed by atoms with Crippen LogP contribution in [0.1, 0.15) is 64.8 Å². The monoisotopic (exact) mass is 1470 g/mol. The average Bonchev–Trinajstić information content (AvgIpc) is 1.58. The van der Waals surface area contributed by atoms with Gasteiger partial charge in [0.15, 0.2) is 0 Å². The van der Waals surface area contributed by atoms with Gasteiger partial charge in [-0.25, -0.2) is 0 Å². The normalized spacial score (nSPS) is 12.4. The quantitative estimate of drug-likeness (QED) is 0.140. The van der Waals surface area contributed by atoms with Crippen LogP contribution in [-0.4, -0.2) is 9.13 Å². The molecular weight excluding hydrogens is 1390 g/mol. The van der Waals surface area contributed by atoms with E-state index in [9.17, 15) is 0 Å². The molecule has 20 rings (SSSR count). The lowest BCUT2D eigenvalue weighted by atomic mass is 9.82. The lowest BCUT2D eigenvalue weighted by Gasteiger charge is -2.28. The van der Waals surface area contributed by atoms with Crippen molar-refractivity contribution in [3.8, 4) is 78.1 Å². The standard InChI is InChI=1S/C51H38N2.C27H23N.C24H16BrN.2CH4/c1-51(2)47-19-11-9-17-43(47)44-31-30-42(34-48(44)51)52(40-26-21-36(22-27-40)35-13-5-3-6-14-35)41-28-23-37(24-29-41)38-25-32-50-46(33-38)45-18-10-12-20-49(45)53(50)39-15-7-4-8-16-39;1-27(2)25-11-7-6-10-23(25)24-17-16-22(18-26(24)27)28-21-14-12-20(13-15-21)19-8-4-3-5-9-19;25-19-13-10-17(11-14-19)18-12-15-24-22(16-18)21-8-4-5-9-23(21)26(24)20-6-2-1-3-7-20;;/h3-34H,1-2H3;3-18,28H,1-2H3;1-16H;2*1H4. The first-order valence-electron chi connectivity index (χ1n) is 36.9. The predicted octanol–water partition coefficient (Wildman–Crippen LogP) is 29.8. The molecule has 2 aliphatic rings. The molecule has 2 aliphatic carbocycles. The van der Waals surface area contributed by atoms with Crippen molar-refractivity contribution in [1.29, 1.82) is 0 Å². The maximum Gasteiger partial charge on any atom is 0.0541 e. The van der Waals surface area contributed by atoms with E-state index in [0.29, 0.717) is 0 Å². The van der Waals surface area contributed by atoms with Crippen LogP contribution < -0.4 is 10.2 Å². The van der Waals surface area contributed by atoms with Gasteiger partial charge in [-0.3, -0.25) is 0 Å². The SMILES string of the molecule is Brc1ccc(-c2ccc3c(c2)c2ccccc2n3-c2ccccc2)cc1.C.C.CC1(C)c2ccccc2-c2ccc(N(c3ccc(-c4ccccc4)cc3)c3ccc(-c4ccc5c(c4)c4ccccc4n5-c4ccccc4)cc3)cc21.CC1(C)c2ccccc2-c2ccc(Nc3ccc(-c4ccccc4)cc3)cc21. The molecule has 0 spiro atoms. The van der Waals surface area contributed by atoms with Crippen LogP contribution in [0.15, 0.2) is 393 Å². The van der Waals surface area contributed by atoms with Gasteiger partial charge in [-0.1, -0.05) is 313 Å². The van der Waals surface area contributed by atoms with Crippen LogP contribution >= 0.6 is 15.9 Å². The van der Waals surface area contributed by atoms with Crippen molar-refractivity contribution < 1.29 is 0 Å². The summed E-state index contributed by atoms with van der Waals surface area (Å²) in [6.07, 6.45) is 0. The zero-order valence-electron chi connectivity index (χ0n) is 60.2. The molecule has 2 aromatic heterocycles. The van der Waals surface area contributed by atoms with E-state index in [4.69, 9.17) is 0 Å². The van der Waals surface area contributed by atoms with E-state index in [2.05, 4.69) is 445 Å². The average molecular weight is 1470 g/mol. The van der Waals surface area contributed by atoms with Crippen molar-refractivity contribution in [1.82, 2.24) is 9.13 Å². The molecule has 0 saturated heterocycles. The van der Waals surface area contributed by atoms with E-state index in [1.54, 1.807) is 0 Å². The summed E-state index contributed by atoms with van der Waals surface area (Å²) >= 11 is 3.52. The van der Waals surface area contributed by atoms with E-state index < -0.39 is 0 Å². The van der Waals surface area contributed by atoms with E-state index in [1.165, 1.54) is 144 Å². The van der Waals surface area contributed by atoms with Crippen molar-refractivity contribution in [3.63, 3.8) is 0 Å². The number of rotatable bonds is 11. The third-order valence-electron chi connectivity index (χ3n) is 21.9. The second kappa shape index (κ2) is 29.5. The minimum atomic E-state index is -0.0864. The van der Waals surface area contributed by atoms with Gasteiger partial charge in [-0.15, -0.1) is 0 Å². The second-order valence-electron chi connectivity index (χ2n) is 29.0. The zero-order valence-corrected chi connectivity index (χ0v) is 61.8. The molecule has 2 heterocycles. The van der Waals surface area contributed by atoms with E-state index in [0.717, 1.165) is 32.9 Å². The molecule has 0 fully saturated rings. The number of para-hydroxylation sites is 4. The first-order chi connectivity index (χ1) is 52.5. The van der Waals surface area contributed by atoms with Crippen LogP contribution in [-0.2, 0) is 10.8 Å². The Labute approximate surface area is 649 Å². The number of fused-ring (bicyclic) bond motifs is 12. The first kappa shape index (κ1) is 70.5. The Morgan fingerprint density at radius 3 is 1.04 bits per heavy atom. The Hall–Kier alpha value is -12.8. The van der Waals surface area contributed by atoms with E-state index in [-0.39, 0.29) is 25.7 Å². The highest BCUT2D eigenvalue weighted by molar-refractivity contribution is 9.10. The fourth-order valence-corrected chi connectivity index (χ4v) is 16.8. The van der Waals surface area contributed by atoms with Gasteiger partial charge in [-0.05, 0) is 222 Å². The van der Waals surface area contributed by atoms with Gasteiger partial charge in [0.1, 0.15) is 0 Å². The molecule has 528 valence electrons. The highest BCUT2D eigenvalue weighted by atomic mass is 79.9. The fraction of sp³-hybridized carbons (Fsp3) is 0.0769. The van der Waals surface area contributed by atoms with Crippen LogP contribution in [0.4, 0.5) is 28.4 Å². The molecule has 0 unspecified atom stereocenters.